The molecule has 0 saturated carbocycles. The number of likely N-dealkylation sites (tertiary alicyclic amines) is 1. The molecule has 2 aromatic rings. The van der Waals surface area contributed by atoms with E-state index < -0.39 is 11.7 Å². The summed E-state index contributed by atoms with van der Waals surface area (Å²) in [4.78, 5) is 14.1. The van der Waals surface area contributed by atoms with Crippen LogP contribution in [0.4, 0.5) is 13.2 Å². The smallest absolute Gasteiger partial charge is 0.416 e. The summed E-state index contributed by atoms with van der Waals surface area (Å²) in [6.45, 7) is 3.07. The second kappa shape index (κ2) is 7.71. The summed E-state index contributed by atoms with van der Waals surface area (Å²) in [7, 11) is 3.25. The first-order valence-corrected chi connectivity index (χ1v) is 8.71. The number of hydrogen-bond donors (Lipinski definition) is 0. The number of rotatable bonds is 3. The zero-order chi connectivity index (χ0) is 20.5. The minimum Gasteiger partial charge on any atom is -0.496 e. The molecule has 0 radical (unpaired) electrons. The van der Waals surface area contributed by atoms with Gasteiger partial charge in [0.1, 0.15) is 5.75 Å². The molecule has 0 atom stereocenters. The maximum Gasteiger partial charge on any atom is 0.416 e. The molecule has 2 heterocycles. The van der Waals surface area contributed by atoms with Crippen LogP contribution in [0.25, 0.3) is 17.3 Å². The minimum absolute atomic E-state index is 0.0717. The summed E-state index contributed by atoms with van der Waals surface area (Å²) in [6, 6.07) is 5.03. The standard InChI is InChI=1S/C20H20F3N3O2/c1-12-8-15(9-13-11-26(2)7-6-17(13)27)24-25-19(12)16-5-4-14(20(21,22)23)10-18(16)28-3/h4-5,8-10H,6-7,11H2,1-3H3/b13-9+. The van der Waals surface area contributed by atoms with Crippen molar-refractivity contribution in [1.29, 1.82) is 0 Å². The van der Waals surface area contributed by atoms with Gasteiger partial charge < -0.3 is 9.64 Å². The molecule has 1 aliphatic heterocycles. The normalized spacial score (nSPS) is 17.2. The van der Waals surface area contributed by atoms with Gasteiger partial charge in [0.15, 0.2) is 5.78 Å². The summed E-state index contributed by atoms with van der Waals surface area (Å²) in [5, 5.41) is 8.32. The van der Waals surface area contributed by atoms with Crippen LogP contribution < -0.4 is 4.74 Å². The molecule has 1 aromatic carbocycles. The van der Waals surface area contributed by atoms with Crippen LogP contribution in [0, 0.1) is 6.92 Å². The van der Waals surface area contributed by atoms with Gasteiger partial charge in [-0.2, -0.15) is 18.3 Å². The monoisotopic (exact) mass is 391 g/mol. The third kappa shape index (κ3) is 4.22. The number of benzene rings is 1. The number of piperidine rings is 1. The van der Waals surface area contributed by atoms with E-state index in [0.717, 1.165) is 24.2 Å². The van der Waals surface area contributed by atoms with Crippen molar-refractivity contribution in [3.05, 3.63) is 46.7 Å². The van der Waals surface area contributed by atoms with Crippen LogP contribution in [0.1, 0.15) is 23.2 Å². The molecule has 1 aromatic heterocycles. The minimum atomic E-state index is -4.46. The van der Waals surface area contributed by atoms with Gasteiger partial charge in [-0.05, 0) is 49.9 Å². The van der Waals surface area contributed by atoms with E-state index in [-0.39, 0.29) is 11.5 Å². The number of methoxy groups -OCH3 is 1. The highest BCUT2D eigenvalue weighted by molar-refractivity contribution is 6.00. The molecule has 3 rings (SSSR count). The molecule has 1 aliphatic rings. The van der Waals surface area contributed by atoms with Crippen LogP contribution in [-0.2, 0) is 11.0 Å². The number of aromatic nitrogens is 2. The topological polar surface area (TPSA) is 55.3 Å². The van der Waals surface area contributed by atoms with Crippen LogP contribution in [0.3, 0.4) is 0 Å². The fourth-order valence-electron chi connectivity index (χ4n) is 3.12. The maximum atomic E-state index is 12.9. The Morgan fingerprint density at radius 2 is 1.96 bits per heavy atom. The lowest BCUT2D eigenvalue weighted by molar-refractivity contribution is -0.137. The van der Waals surface area contributed by atoms with Crippen LogP contribution in [-0.4, -0.2) is 48.1 Å². The van der Waals surface area contributed by atoms with Crippen molar-refractivity contribution in [2.24, 2.45) is 0 Å². The van der Waals surface area contributed by atoms with Crippen LogP contribution in [0.5, 0.6) is 5.75 Å². The Morgan fingerprint density at radius 1 is 1.21 bits per heavy atom. The highest BCUT2D eigenvalue weighted by Gasteiger charge is 2.31. The van der Waals surface area contributed by atoms with Crippen molar-refractivity contribution < 1.29 is 22.7 Å². The summed E-state index contributed by atoms with van der Waals surface area (Å²) in [6.07, 6.45) is -2.27. The van der Waals surface area contributed by atoms with E-state index >= 15 is 0 Å². The molecule has 8 heteroatoms. The first-order chi connectivity index (χ1) is 13.2. The van der Waals surface area contributed by atoms with Gasteiger partial charge in [0, 0.05) is 30.6 Å². The number of carbonyl (C=O) groups is 1. The lowest BCUT2D eigenvalue weighted by atomic mass is 10.0. The number of nitrogens with zero attached hydrogens (tertiary/aromatic N) is 3. The quantitative estimate of drug-likeness (QED) is 0.746. The van der Waals surface area contributed by atoms with Gasteiger partial charge in [-0.15, -0.1) is 5.10 Å². The number of aryl methyl sites for hydroxylation is 1. The largest absolute Gasteiger partial charge is 0.496 e. The van der Waals surface area contributed by atoms with Gasteiger partial charge in [0.25, 0.3) is 0 Å². The van der Waals surface area contributed by atoms with Crippen molar-refractivity contribution in [1.82, 2.24) is 15.1 Å². The Balaban J connectivity index is 1.96. The third-order valence-electron chi connectivity index (χ3n) is 4.63. The second-order valence-electron chi connectivity index (χ2n) is 6.79. The second-order valence-corrected chi connectivity index (χ2v) is 6.79. The van der Waals surface area contributed by atoms with Crippen molar-refractivity contribution in [2.75, 3.05) is 27.2 Å². The number of ether oxygens (including phenoxy) is 1. The molecule has 148 valence electrons. The lowest BCUT2D eigenvalue weighted by Crippen LogP contribution is -2.32. The molecule has 1 saturated heterocycles. The van der Waals surface area contributed by atoms with Crippen molar-refractivity contribution in [3.63, 3.8) is 0 Å². The molecule has 1 fully saturated rings. The zero-order valence-electron chi connectivity index (χ0n) is 15.8. The molecule has 0 bridgehead atoms. The van der Waals surface area contributed by atoms with Gasteiger partial charge in [-0.3, -0.25) is 4.79 Å². The molecule has 0 amide bonds. The predicted octanol–water partition coefficient (Wildman–Crippen LogP) is 3.77. The Kier molecular flexibility index (Phi) is 5.51. The van der Waals surface area contributed by atoms with E-state index in [9.17, 15) is 18.0 Å². The zero-order valence-corrected chi connectivity index (χ0v) is 15.8. The van der Waals surface area contributed by atoms with Crippen LogP contribution >= 0.6 is 0 Å². The number of alkyl halides is 3. The number of halogens is 3. The molecule has 5 nitrogen and oxygen atoms in total. The highest BCUT2D eigenvalue weighted by Crippen LogP contribution is 2.37. The van der Waals surface area contributed by atoms with Gasteiger partial charge in [-0.25, -0.2) is 0 Å². The fourth-order valence-corrected chi connectivity index (χ4v) is 3.12. The van der Waals surface area contributed by atoms with E-state index in [1.54, 1.807) is 19.1 Å². The molecule has 0 aliphatic carbocycles. The third-order valence-corrected chi connectivity index (χ3v) is 4.63. The number of Topliss-reactive ketones (excluding diaryl/α,β-unsaturated/α-hetero) is 1. The number of carbonyl (C=O) groups excluding carboxylic acids is 1. The highest BCUT2D eigenvalue weighted by atomic mass is 19.4. The maximum absolute atomic E-state index is 12.9. The van der Waals surface area contributed by atoms with Gasteiger partial charge in [0.05, 0.1) is 24.1 Å². The fraction of sp³-hybridized carbons (Fsp3) is 0.350. The van der Waals surface area contributed by atoms with Crippen molar-refractivity contribution in [3.8, 4) is 17.0 Å². The Labute approximate surface area is 160 Å². The lowest BCUT2D eigenvalue weighted by Gasteiger charge is -2.23. The van der Waals surface area contributed by atoms with Crippen molar-refractivity contribution in [2.45, 2.75) is 19.5 Å². The number of ketones is 1. The molecular formula is C20H20F3N3O2. The van der Waals surface area contributed by atoms with Crippen LogP contribution in [0.2, 0.25) is 0 Å². The Morgan fingerprint density at radius 3 is 2.61 bits per heavy atom. The first kappa shape index (κ1) is 20.0. The van der Waals surface area contributed by atoms with E-state index in [4.69, 9.17) is 4.74 Å². The van der Waals surface area contributed by atoms with Crippen LogP contribution in [0.15, 0.2) is 29.8 Å². The summed E-state index contributed by atoms with van der Waals surface area (Å²) in [5.41, 5.74) is 1.98. The molecule has 0 spiro atoms. The predicted molar refractivity (Wildman–Crippen MR) is 98.9 cm³/mol. The SMILES string of the molecule is COc1cc(C(F)(F)F)ccc1-c1nnc(/C=C2\CN(C)CCC2=O)cc1C. The Bertz CT molecular complexity index is 939. The summed E-state index contributed by atoms with van der Waals surface area (Å²) < 4.78 is 43.9. The number of likely N-dealkylation sites (N-methyl/N-ethyl adjacent to an activating group) is 1. The van der Waals surface area contributed by atoms with Gasteiger partial charge in [0.2, 0.25) is 0 Å². The number of hydrogen-bond acceptors (Lipinski definition) is 5. The summed E-state index contributed by atoms with van der Waals surface area (Å²) in [5.74, 6) is 0.161. The van der Waals surface area contributed by atoms with Gasteiger partial charge >= 0.3 is 6.18 Å². The van der Waals surface area contributed by atoms with E-state index in [1.165, 1.54) is 13.2 Å². The average molecular weight is 391 g/mol. The summed E-state index contributed by atoms with van der Waals surface area (Å²) >= 11 is 0. The average Bonchev–Trinajstić information content (AvgIpc) is 2.64. The first-order valence-electron chi connectivity index (χ1n) is 8.71. The molecule has 0 N–H and O–H groups in total. The van der Waals surface area contributed by atoms with E-state index in [0.29, 0.717) is 35.5 Å². The Hall–Kier alpha value is -2.74. The van der Waals surface area contributed by atoms with E-state index in [1.807, 2.05) is 7.05 Å². The van der Waals surface area contributed by atoms with Crippen molar-refractivity contribution >= 4 is 11.9 Å². The molecular weight excluding hydrogens is 371 g/mol. The molecule has 28 heavy (non-hydrogen) atoms. The molecule has 0 unspecified atom stereocenters. The van der Waals surface area contributed by atoms with E-state index in [2.05, 4.69) is 15.1 Å². The van der Waals surface area contributed by atoms with Gasteiger partial charge in [-0.1, -0.05) is 0 Å².